The summed E-state index contributed by atoms with van der Waals surface area (Å²) in [7, 11) is 0. The summed E-state index contributed by atoms with van der Waals surface area (Å²) >= 11 is 1.10. The summed E-state index contributed by atoms with van der Waals surface area (Å²) < 4.78 is 3.08. The smallest absolute Gasteiger partial charge is 0.268 e. The molecule has 1 heterocycles. The van der Waals surface area contributed by atoms with Crippen molar-refractivity contribution in [2.75, 3.05) is 6.54 Å². The third-order valence-electron chi connectivity index (χ3n) is 4.15. The first kappa shape index (κ1) is 15.1. The number of carbonyl (C=O) groups excluding carboxylic acids is 2. The average Bonchev–Trinajstić information content (AvgIpc) is 2.80. The normalized spacial score (nSPS) is 18.6. The molecule has 1 aromatic carbocycles. The van der Waals surface area contributed by atoms with Gasteiger partial charge in [-0.15, -0.1) is 0 Å². The molecular formula is C16H17N3O2S. The van der Waals surface area contributed by atoms with Crippen molar-refractivity contribution in [3.63, 3.8) is 0 Å². The van der Waals surface area contributed by atoms with Crippen molar-refractivity contribution in [1.29, 1.82) is 5.26 Å². The Balaban J connectivity index is 1.78. The van der Waals surface area contributed by atoms with Gasteiger partial charge in [-0.2, -0.15) is 9.57 Å². The number of nitriles is 1. The summed E-state index contributed by atoms with van der Waals surface area (Å²) in [6, 6.07) is 9.25. The maximum Gasteiger partial charge on any atom is 0.272 e. The van der Waals surface area contributed by atoms with Gasteiger partial charge in [0.05, 0.1) is 35.9 Å². The van der Waals surface area contributed by atoms with Gasteiger partial charge in [-0.3, -0.25) is 9.59 Å². The average molecular weight is 315 g/mol. The fraction of sp³-hybridized carbons (Fsp3) is 0.438. The monoisotopic (exact) mass is 315 g/mol. The molecule has 2 amide bonds. The molecule has 0 unspecified atom stereocenters. The van der Waals surface area contributed by atoms with E-state index in [4.69, 9.17) is 5.26 Å². The van der Waals surface area contributed by atoms with Gasteiger partial charge in [0.1, 0.15) is 0 Å². The molecule has 1 aliphatic carbocycles. The molecule has 1 aliphatic heterocycles. The number of imide groups is 1. The lowest BCUT2D eigenvalue weighted by atomic mass is 9.95. The number of rotatable bonds is 4. The van der Waals surface area contributed by atoms with Crippen molar-refractivity contribution in [3.8, 4) is 6.07 Å². The molecule has 114 valence electrons. The number of benzene rings is 1. The van der Waals surface area contributed by atoms with Gasteiger partial charge in [-0.1, -0.05) is 31.4 Å². The second-order valence-corrected chi connectivity index (χ2v) is 6.55. The number of carbonyl (C=O) groups is 2. The van der Waals surface area contributed by atoms with E-state index in [0.717, 1.165) is 37.8 Å². The molecule has 2 aliphatic rings. The Morgan fingerprint density at radius 3 is 2.27 bits per heavy atom. The van der Waals surface area contributed by atoms with Gasteiger partial charge in [-0.25, -0.2) is 4.31 Å². The largest absolute Gasteiger partial charge is 0.272 e. The van der Waals surface area contributed by atoms with Gasteiger partial charge in [0.2, 0.25) is 0 Å². The van der Waals surface area contributed by atoms with Crippen LogP contribution in [0.2, 0.25) is 0 Å². The summed E-state index contributed by atoms with van der Waals surface area (Å²) in [6.45, 7) is 0.211. The first-order valence-corrected chi connectivity index (χ1v) is 8.25. The van der Waals surface area contributed by atoms with Crippen molar-refractivity contribution in [1.82, 2.24) is 8.61 Å². The zero-order chi connectivity index (χ0) is 15.5. The van der Waals surface area contributed by atoms with Crippen molar-refractivity contribution < 1.29 is 9.59 Å². The molecule has 0 aromatic heterocycles. The molecule has 0 atom stereocenters. The van der Waals surface area contributed by atoms with E-state index < -0.39 is 0 Å². The number of amides is 2. The van der Waals surface area contributed by atoms with Gasteiger partial charge in [-0.05, 0) is 25.0 Å². The third-order valence-corrected chi connectivity index (χ3v) is 5.28. The van der Waals surface area contributed by atoms with E-state index in [1.54, 1.807) is 24.3 Å². The molecule has 0 bridgehead atoms. The van der Waals surface area contributed by atoms with Crippen molar-refractivity contribution >= 4 is 23.9 Å². The molecule has 0 N–H and O–H groups in total. The molecule has 1 saturated carbocycles. The Morgan fingerprint density at radius 1 is 1.14 bits per heavy atom. The predicted molar refractivity (Wildman–Crippen MR) is 83.7 cm³/mol. The maximum atomic E-state index is 12.4. The van der Waals surface area contributed by atoms with Crippen molar-refractivity contribution in [3.05, 3.63) is 35.4 Å². The minimum Gasteiger partial charge on any atom is -0.268 e. The van der Waals surface area contributed by atoms with Crippen LogP contribution in [0.15, 0.2) is 24.3 Å². The molecule has 0 saturated heterocycles. The van der Waals surface area contributed by atoms with Crippen LogP contribution in [0, 0.1) is 11.3 Å². The fourth-order valence-corrected chi connectivity index (χ4v) is 4.02. The second-order valence-electron chi connectivity index (χ2n) is 5.56. The maximum absolute atomic E-state index is 12.4. The van der Waals surface area contributed by atoms with Crippen LogP contribution in [0.25, 0.3) is 0 Å². The van der Waals surface area contributed by atoms with Crippen LogP contribution in [-0.2, 0) is 0 Å². The SMILES string of the molecule is N#CCN(SN1C(=O)c2ccccc2C1=O)C1CCCCC1. The van der Waals surface area contributed by atoms with Crippen LogP contribution in [0.1, 0.15) is 52.8 Å². The van der Waals surface area contributed by atoms with Gasteiger partial charge >= 0.3 is 0 Å². The van der Waals surface area contributed by atoms with Gasteiger partial charge in [0, 0.05) is 6.04 Å². The van der Waals surface area contributed by atoms with Crippen molar-refractivity contribution in [2.24, 2.45) is 0 Å². The number of fused-ring (bicyclic) bond motifs is 1. The van der Waals surface area contributed by atoms with Crippen LogP contribution in [0.4, 0.5) is 0 Å². The highest BCUT2D eigenvalue weighted by molar-refractivity contribution is 7.95. The second kappa shape index (κ2) is 6.51. The van der Waals surface area contributed by atoms with E-state index >= 15 is 0 Å². The summed E-state index contributed by atoms with van der Waals surface area (Å²) in [5.41, 5.74) is 0.890. The summed E-state index contributed by atoms with van der Waals surface area (Å²) in [6.07, 6.45) is 5.51. The third kappa shape index (κ3) is 2.74. The van der Waals surface area contributed by atoms with E-state index in [-0.39, 0.29) is 24.4 Å². The highest BCUT2D eigenvalue weighted by Crippen LogP contribution is 2.34. The quantitative estimate of drug-likeness (QED) is 0.485. The summed E-state index contributed by atoms with van der Waals surface area (Å²) in [5, 5.41) is 9.05. The van der Waals surface area contributed by atoms with Crippen LogP contribution in [0.3, 0.4) is 0 Å². The Bertz CT molecular complexity index is 600. The number of nitrogens with zero attached hydrogens (tertiary/aromatic N) is 3. The Kier molecular flexibility index (Phi) is 4.46. The van der Waals surface area contributed by atoms with Gasteiger partial charge < -0.3 is 0 Å². The Labute approximate surface area is 134 Å². The topological polar surface area (TPSA) is 64.4 Å². The molecule has 22 heavy (non-hydrogen) atoms. The van der Waals surface area contributed by atoms with Crippen LogP contribution < -0.4 is 0 Å². The first-order valence-electron chi connectivity index (χ1n) is 7.52. The number of hydrogen-bond acceptors (Lipinski definition) is 5. The van der Waals surface area contributed by atoms with E-state index in [9.17, 15) is 9.59 Å². The van der Waals surface area contributed by atoms with E-state index in [1.807, 2.05) is 4.31 Å². The molecule has 1 fully saturated rings. The van der Waals surface area contributed by atoms with E-state index in [0.29, 0.717) is 11.1 Å². The Morgan fingerprint density at radius 2 is 1.73 bits per heavy atom. The molecular weight excluding hydrogens is 298 g/mol. The fourth-order valence-electron chi connectivity index (χ4n) is 3.01. The zero-order valence-electron chi connectivity index (χ0n) is 12.2. The minimum absolute atomic E-state index is 0.211. The molecule has 1 aromatic rings. The van der Waals surface area contributed by atoms with Gasteiger partial charge in [0.25, 0.3) is 11.8 Å². The highest BCUT2D eigenvalue weighted by Gasteiger charge is 2.38. The standard InChI is InChI=1S/C16H17N3O2S/c17-10-11-18(12-6-2-1-3-7-12)22-19-15(20)13-8-4-5-9-14(13)16(19)21/h4-5,8-9,12H,1-3,6-7,11H2. The van der Waals surface area contributed by atoms with E-state index in [1.165, 1.54) is 10.7 Å². The van der Waals surface area contributed by atoms with Crippen LogP contribution >= 0.6 is 12.1 Å². The van der Waals surface area contributed by atoms with Crippen LogP contribution in [-0.4, -0.2) is 33.0 Å². The van der Waals surface area contributed by atoms with Gasteiger partial charge in [0.15, 0.2) is 0 Å². The summed E-state index contributed by atoms with van der Waals surface area (Å²) in [4.78, 5) is 24.8. The lowest BCUT2D eigenvalue weighted by Crippen LogP contribution is -2.37. The molecule has 0 radical (unpaired) electrons. The lowest BCUT2D eigenvalue weighted by Gasteiger charge is -2.32. The molecule has 5 nitrogen and oxygen atoms in total. The molecule has 0 spiro atoms. The zero-order valence-corrected chi connectivity index (χ0v) is 13.0. The van der Waals surface area contributed by atoms with Crippen LogP contribution in [0.5, 0.6) is 0 Å². The molecule has 6 heteroatoms. The minimum atomic E-state index is -0.288. The summed E-state index contributed by atoms with van der Waals surface area (Å²) in [5.74, 6) is -0.575. The first-order chi connectivity index (χ1) is 10.7. The number of hydrogen-bond donors (Lipinski definition) is 0. The molecule has 3 rings (SSSR count). The Hall–Kier alpha value is -1.84. The predicted octanol–water partition coefficient (Wildman–Crippen LogP) is 3.00. The lowest BCUT2D eigenvalue weighted by molar-refractivity contribution is 0.0770. The highest BCUT2D eigenvalue weighted by atomic mass is 32.2. The van der Waals surface area contributed by atoms with E-state index in [2.05, 4.69) is 6.07 Å². The van der Waals surface area contributed by atoms with Crippen molar-refractivity contribution in [2.45, 2.75) is 38.1 Å².